The van der Waals surface area contributed by atoms with E-state index in [1.54, 1.807) is 0 Å². The van der Waals surface area contributed by atoms with Gasteiger partial charge >= 0.3 is 0 Å². The molecule has 142 valence electrons. The zero-order valence-electron chi connectivity index (χ0n) is 15.2. The normalized spacial score (nSPS) is 24.0. The number of carbonyl (C=O) groups is 1. The molecular weight excluding hydrogens is 332 g/mol. The second kappa shape index (κ2) is 7.82. The first-order valence-corrected chi connectivity index (χ1v) is 9.56. The zero-order valence-corrected chi connectivity index (χ0v) is 15.2. The Morgan fingerprint density at radius 3 is 2.73 bits per heavy atom. The number of nitrogens with two attached hydrogens (primary N) is 1. The van der Waals surface area contributed by atoms with Gasteiger partial charge in [-0.1, -0.05) is 6.07 Å². The van der Waals surface area contributed by atoms with Gasteiger partial charge < -0.3 is 20.1 Å². The standard InChI is InChI=1S/C19H28N4O3/c20-11-19(24)23-5-1-2-16(13-23)22-8-6-21(7-9-22)12-15-3-4-17-18(10-15)26-14-25-17/h3-4,10,16H,1-2,5-9,11-14,20H2/t16-/m0/s1. The van der Waals surface area contributed by atoms with Gasteiger partial charge in [0, 0.05) is 51.9 Å². The van der Waals surface area contributed by atoms with E-state index in [1.165, 1.54) is 12.0 Å². The number of piperazine rings is 1. The molecule has 3 aliphatic heterocycles. The molecule has 0 aliphatic carbocycles. The topological polar surface area (TPSA) is 71.3 Å². The quantitative estimate of drug-likeness (QED) is 0.842. The minimum Gasteiger partial charge on any atom is -0.454 e. The number of piperidine rings is 1. The maximum absolute atomic E-state index is 11.9. The van der Waals surface area contributed by atoms with E-state index in [0.29, 0.717) is 12.8 Å². The van der Waals surface area contributed by atoms with Crippen LogP contribution in [0.15, 0.2) is 18.2 Å². The predicted octanol–water partition coefficient (Wildman–Crippen LogP) is 0.483. The van der Waals surface area contributed by atoms with Crippen molar-refractivity contribution in [1.29, 1.82) is 0 Å². The molecule has 3 heterocycles. The molecule has 1 aromatic carbocycles. The van der Waals surface area contributed by atoms with E-state index in [-0.39, 0.29) is 12.5 Å². The summed E-state index contributed by atoms with van der Waals surface area (Å²) in [4.78, 5) is 18.9. The Morgan fingerprint density at radius 1 is 1.12 bits per heavy atom. The summed E-state index contributed by atoms with van der Waals surface area (Å²) in [5.41, 5.74) is 6.79. The Kier molecular flexibility index (Phi) is 5.28. The van der Waals surface area contributed by atoms with Crippen LogP contribution < -0.4 is 15.2 Å². The monoisotopic (exact) mass is 360 g/mol. The first-order chi connectivity index (χ1) is 12.7. The Labute approximate surface area is 154 Å². The lowest BCUT2D eigenvalue weighted by atomic mass is 10.0. The number of likely N-dealkylation sites (tertiary alicyclic amines) is 1. The highest BCUT2D eigenvalue weighted by Gasteiger charge is 2.29. The van der Waals surface area contributed by atoms with Crippen LogP contribution in [0.1, 0.15) is 18.4 Å². The van der Waals surface area contributed by atoms with E-state index in [9.17, 15) is 4.79 Å². The smallest absolute Gasteiger partial charge is 0.236 e. The van der Waals surface area contributed by atoms with Gasteiger partial charge in [-0.2, -0.15) is 0 Å². The molecule has 0 unspecified atom stereocenters. The van der Waals surface area contributed by atoms with Gasteiger partial charge in [0.05, 0.1) is 6.54 Å². The van der Waals surface area contributed by atoms with Gasteiger partial charge in [0.25, 0.3) is 0 Å². The maximum atomic E-state index is 11.9. The minimum atomic E-state index is 0.0798. The van der Waals surface area contributed by atoms with E-state index in [1.807, 2.05) is 11.0 Å². The first kappa shape index (κ1) is 17.6. The van der Waals surface area contributed by atoms with Gasteiger partial charge in [0.1, 0.15) is 0 Å². The van der Waals surface area contributed by atoms with E-state index < -0.39 is 0 Å². The van der Waals surface area contributed by atoms with Gasteiger partial charge in [-0.05, 0) is 30.5 Å². The average molecular weight is 360 g/mol. The van der Waals surface area contributed by atoms with Gasteiger partial charge in [-0.15, -0.1) is 0 Å². The molecule has 0 bridgehead atoms. The number of hydrogen-bond acceptors (Lipinski definition) is 6. The van der Waals surface area contributed by atoms with Gasteiger partial charge in [-0.3, -0.25) is 14.6 Å². The summed E-state index contributed by atoms with van der Waals surface area (Å²) in [6.07, 6.45) is 2.25. The molecule has 2 N–H and O–H groups in total. The van der Waals surface area contributed by atoms with Crippen LogP contribution >= 0.6 is 0 Å². The van der Waals surface area contributed by atoms with Crippen molar-refractivity contribution in [2.45, 2.75) is 25.4 Å². The largest absolute Gasteiger partial charge is 0.454 e. The Morgan fingerprint density at radius 2 is 1.92 bits per heavy atom. The Hall–Kier alpha value is -1.83. The van der Waals surface area contributed by atoms with Crippen LogP contribution in [-0.2, 0) is 11.3 Å². The van der Waals surface area contributed by atoms with Crippen LogP contribution in [0.3, 0.4) is 0 Å². The van der Waals surface area contributed by atoms with E-state index in [0.717, 1.165) is 63.7 Å². The summed E-state index contributed by atoms with van der Waals surface area (Å²) in [5, 5.41) is 0. The molecule has 7 nitrogen and oxygen atoms in total. The molecule has 4 rings (SSSR count). The molecule has 1 atom stereocenters. The van der Waals surface area contributed by atoms with E-state index in [4.69, 9.17) is 15.2 Å². The van der Waals surface area contributed by atoms with E-state index >= 15 is 0 Å². The average Bonchev–Trinajstić information content (AvgIpc) is 3.16. The third-order valence-electron chi connectivity index (χ3n) is 5.69. The second-order valence-electron chi connectivity index (χ2n) is 7.34. The van der Waals surface area contributed by atoms with Crippen molar-refractivity contribution in [2.24, 2.45) is 5.73 Å². The summed E-state index contributed by atoms with van der Waals surface area (Å²) >= 11 is 0. The number of amides is 1. The summed E-state index contributed by atoms with van der Waals surface area (Å²) in [6, 6.07) is 6.69. The van der Waals surface area contributed by atoms with Gasteiger partial charge in [0.15, 0.2) is 11.5 Å². The Balaban J connectivity index is 1.28. The first-order valence-electron chi connectivity index (χ1n) is 9.56. The van der Waals surface area contributed by atoms with E-state index in [2.05, 4.69) is 21.9 Å². The molecular formula is C19H28N4O3. The number of hydrogen-bond donors (Lipinski definition) is 1. The maximum Gasteiger partial charge on any atom is 0.236 e. The summed E-state index contributed by atoms with van der Waals surface area (Å²) in [7, 11) is 0. The SMILES string of the molecule is NCC(=O)N1CCC[C@H](N2CCN(Cc3ccc4c(c3)OCO4)CC2)C1. The van der Waals surface area contributed by atoms with Crippen molar-refractivity contribution in [2.75, 3.05) is 52.6 Å². The number of fused-ring (bicyclic) bond motifs is 1. The third kappa shape index (κ3) is 3.79. The highest BCUT2D eigenvalue weighted by molar-refractivity contribution is 5.78. The number of benzene rings is 1. The molecule has 0 spiro atoms. The summed E-state index contributed by atoms with van der Waals surface area (Å²) < 4.78 is 10.9. The lowest BCUT2D eigenvalue weighted by Crippen LogP contribution is -2.56. The lowest BCUT2D eigenvalue weighted by molar-refractivity contribution is -0.132. The molecule has 1 aromatic rings. The van der Waals surface area contributed by atoms with Crippen LogP contribution in [0.25, 0.3) is 0 Å². The van der Waals surface area contributed by atoms with Crippen molar-refractivity contribution < 1.29 is 14.3 Å². The molecule has 2 saturated heterocycles. The second-order valence-corrected chi connectivity index (χ2v) is 7.34. The zero-order chi connectivity index (χ0) is 17.9. The fourth-order valence-corrected chi connectivity index (χ4v) is 4.19. The van der Waals surface area contributed by atoms with Crippen LogP contribution in [0.4, 0.5) is 0 Å². The van der Waals surface area contributed by atoms with Gasteiger partial charge in [-0.25, -0.2) is 0 Å². The van der Waals surface area contributed by atoms with Crippen LogP contribution in [0, 0.1) is 0 Å². The molecule has 3 aliphatic rings. The minimum absolute atomic E-state index is 0.0798. The molecule has 26 heavy (non-hydrogen) atoms. The highest BCUT2D eigenvalue weighted by Crippen LogP contribution is 2.33. The van der Waals surface area contributed by atoms with Crippen LogP contribution in [0.5, 0.6) is 11.5 Å². The number of carbonyl (C=O) groups excluding carboxylic acids is 1. The molecule has 0 aromatic heterocycles. The van der Waals surface area contributed by atoms with Crippen molar-refractivity contribution in [3.63, 3.8) is 0 Å². The number of rotatable bonds is 4. The van der Waals surface area contributed by atoms with Crippen molar-refractivity contribution in [3.8, 4) is 11.5 Å². The van der Waals surface area contributed by atoms with Crippen LogP contribution in [-0.4, -0.2) is 79.3 Å². The van der Waals surface area contributed by atoms with Gasteiger partial charge in [0.2, 0.25) is 12.7 Å². The molecule has 1 amide bonds. The van der Waals surface area contributed by atoms with Crippen molar-refractivity contribution in [3.05, 3.63) is 23.8 Å². The molecule has 2 fully saturated rings. The predicted molar refractivity (Wildman–Crippen MR) is 98.1 cm³/mol. The number of ether oxygens (including phenoxy) is 2. The highest BCUT2D eigenvalue weighted by atomic mass is 16.7. The molecule has 0 saturated carbocycles. The fraction of sp³-hybridized carbons (Fsp3) is 0.632. The molecule has 7 heteroatoms. The summed E-state index contributed by atoms with van der Waals surface area (Å²) in [5.74, 6) is 1.77. The number of nitrogens with zero attached hydrogens (tertiary/aromatic N) is 3. The molecule has 0 radical (unpaired) electrons. The van der Waals surface area contributed by atoms with Crippen molar-refractivity contribution in [1.82, 2.24) is 14.7 Å². The van der Waals surface area contributed by atoms with Crippen LogP contribution in [0.2, 0.25) is 0 Å². The van der Waals surface area contributed by atoms with Crippen molar-refractivity contribution >= 4 is 5.91 Å². The fourth-order valence-electron chi connectivity index (χ4n) is 4.19. The summed E-state index contributed by atoms with van der Waals surface area (Å²) in [6.45, 7) is 7.28. The lowest BCUT2D eigenvalue weighted by Gasteiger charge is -2.43. The third-order valence-corrected chi connectivity index (χ3v) is 5.69. The Bertz CT molecular complexity index is 646.